The van der Waals surface area contributed by atoms with E-state index in [4.69, 9.17) is 23.2 Å². The van der Waals surface area contributed by atoms with Gasteiger partial charge >= 0.3 is 0 Å². The fourth-order valence-electron chi connectivity index (χ4n) is 2.62. The van der Waals surface area contributed by atoms with E-state index in [0.29, 0.717) is 0 Å². The second-order valence-corrected chi connectivity index (χ2v) is 6.80. The monoisotopic (exact) mass is 310 g/mol. The molecule has 0 saturated carbocycles. The van der Waals surface area contributed by atoms with E-state index in [0.717, 1.165) is 11.1 Å². The SMILES string of the molecule is CC1(C=C(Cl)Cl)C=CC=C(c2cccc(F)c2)C1(C)C. The van der Waals surface area contributed by atoms with E-state index in [2.05, 4.69) is 26.8 Å². The van der Waals surface area contributed by atoms with E-state index in [-0.39, 0.29) is 21.1 Å². The van der Waals surface area contributed by atoms with Crippen molar-refractivity contribution in [3.63, 3.8) is 0 Å². The van der Waals surface area contributed by atoms with Crippen LogP contribution in [0.15, 0.2) is 53.1 Å². The highest BCUT2D eigenvalue weighted by atomic mass is 35.5. The minimum atomic E-state index is -0.331. The first-order valence-electron chi connectivity index (χ1n) is 6.46. The average Bonchev–Trinajstić information content (AvgIpc) is 2.32. The first kappa shape index (κ1) is 15.3. The van der Waals surface area contributed by atoms with Crippen LogP contribution >= 0.6 is 23.2 Å². The Morgan fingerprint density at radius 2 is 1.90 bits per heavy atom. The van der Waals surface area contributed by atoms with E-state index in [1.165, 1.54) is 6.07 Å². The van der Waals surface area contributed by atoms with Gasteiger partial charge in [0.05, 0.1) is 0 Å². The summed E-state index contributed by atoms with van der Waals surface area (Å²) in [6, 6.07) is 6.65. The number of benzene rings is 1. The van der Waals surface area contributed by atoms with Crippen LogP contribution < -0.4 is 0 Å². The Hall–Kier alpha value is -1.05. The quantitative estimate of drug-likeness (QED) is 0.616. The zero-order valence-corrected chi connectivity index (χ0v) is 13.3. The summed E-state index contributed by atoms with van der Waals surface area (Å²) in [5.41, 5.74) is 1.35. The maximum Gasteiger partial charge on any atom is 0.123 e. The van der Waals surface area contributed by atoms with E-state index in [1.807, 2.05) is 24.3 Å². The van der Waals surface area contributed by atoms with Crippen molar-refractivity contribution in [2.75, 3.05) is 0 Å². The lowest BCUT2D eigenvalue weighted by atomic mass is 9.59. The minimum Gasteiger partial charge on any atom is -0.207 e. The van der Waals surface area contributed by atoms with Crippen LogP contribution in [0.2, 0.25) is 0 Å². The van der Waals surface area contributed by atoms with Gasteiger partial charge in [-0.05, 0) is 29.3 Å². The normalized spacial score (nSPS) is 24.2. The molecule has 1 aliphatic rings. The molecule has 0 spiro atoms. The van der Waals surface area contributed by atoms with Crippen molar-refractivity contribution in [2.24, 2.45) is 10.8 Å². The third-order valence-electron chi connectivity index (χ3n) is 4.27. The van der Waals surface area contributed by atoms with Crippen molar-refractivity contribution in [1.82, 2.24) is 0 Å². The maximum atomic E-state index is 13.5. The Bertz CT molecular complexity index is 607. The molecular formula is C17H17Cl2F. The number of hydrogen-bond donors (Lipinski definition) is 0. The maximum absolute atomic E-state index is 13.5. The van der Waals surface area contributed by atoms with Gasteiger partial charge in [0.1, 0.15) is 10.3 Å². The minimum absolute atomic E-state index is 0.235. The van der Waals surface area contributed by atoms with Gasteiger partial charge < -0.3 is 0 Å². The second kappa shape index (κ2) is 5.38. The van der Waals surface area contributed by atoms with Gasteiger partial charge in [0.25, 0.3) is 0 Å². The standard InChI is InChI=1S/C17H17Cl2F/c1-16(2)14(12-6-4-7-13(20)10-12)8-5-9-17(16,3)11-15(18)19/h4-11H,1-3H3. The van der Waals surface area contributed by atoms with Gasteiger partial charge in [0, 0.05) is 10.8 Å². The summed E-state index contributed by atoms with van der Waals surface area (Å²) in [4.78, 5) is 0. The third-order valence-corrected chi connectivity index (χ3v) is 4.49. The van der Waals surface area contributed by atoms with Gasteiger partial charge in [0.2, 0.25) is 0 Å². The van der Waals surface area contributed by atoms with Crippen molar-refractivity contribution < 1.29 is 4.39 Å². The van der Waals surface area contributed by atoms with Crippen LogP contribution in [0.3, 0.4) is 0 Å². The third kappa shape index (κ3) is 2.70. The highest BCUT2D eigenvalue weighted by molar-refractivity contribution is 6.55. The molecular weight excluding hydrogens is 294 g/mol. The summed E-state index contributed by atoms with van der Waals surface area (Å²) >= 11 is 11.7. The van der Waals surface area contributed by atoms with Crippen LogP contribution in [0.25, 0.3) is 5.57 Å². The van der Waals surface area contributed by atoms with E-state index in [1.54, 1.807) is 12.1 Å². The molecule has 0 heterocycles. The van der Waals surface area contributed by atoms with Crippen LogP contribution in [0.1, 0.15) is 26.3 Å². The predicted octanol–water partition coefficient (Wildman–Crippen LogP) is 6.13. The first-order chi connectivity index (χ1) is 9.26. The van der Waals surface area contributed by atoms with Crippen LogP contribution in [0.4, 0.5) is 4.39 Å². The number of hydrogen-bond acceptors (Lipinski definition) is 0. The summed E-state index contributed by atoms with van der Waals surface area (Å²) < 4.78 is 13.7. The molecule has 0 N–H and O–H groups in total. The van der Waals surface area contributed by atoms with Gasteiger partial charge in [-0.3, -0.25) is 0 Å². The zero-order valence-electron chi connectivity index (χ0n) is 11.8. The lowest BCUT2D eigenvalue weighted by molar-refractivity contribution is 0.283. The van der Waals surface area contributed by atoms with Crippen molar-refractivity contribution in [1.29, 1.82) is 0 Å². The van der Waals surface area contributed by atoms with Gasteiger partial charge in [-0.1, -0.05) is 74.3 Å². The Morgan fingerprint density at radius 3 is 2.50 bits per heavy atom. The zero-order chi connectivity index (χ0) is 15.0. The fraction of sp³-hybridized carbons (Fsp3) is 0.294. The molecule has 0 bridgehead atoms. The molecule has 0 nitrogen and oxygen atoms in total. The highest BCUT2D eigenvalue weighted by Gasteiger charge is 2.42. The lowest BCUT2D eigenvalue weighted by Crippen LogP contribution is -2.34. The molecule has 106 valence electrons. The Kier molecular flexibility index (Phi) is 4.13. The molecule has 0 aliphatic heterocycles. The predicted molar refractivity (Wildman–Crippen MR) is 85.2 cm³/mol. The molecule has 1 unspecified atom stereocenters. The molecule has 1 aromatic carbocycles. The smallest absolute Gasteiger partial charge is 0.123 e. The largest absolute Gasteiger partial charge is 0.207 e. The van der Waals surface area contributed by atoms with Crippen molar-refractivity contribution >= 4 is 28.8 Å². The fourth-order valence-corrected chi connectivity index (χ4v) is 3.07. The van der Waals surface area contributed by atoms with Crippen LogP contribution in [-0.4, -0.2) is 0 Å². The molecule has 1 aliphatic carbocycles. The summed E-state index contributed by atoms with van der Waals surface area (Å²) in [6.45, 7) is 6.29. The Morgan fingerprint density at radius 1 is 1.20 bits per heavy atom. The van der Waals surface area contributed by atoms with E-state index >= 15 is 0 Å². The summed E-state index contributed by atoms with van der Waals surface area (Å²) in [5.74, 6) is -0.235. The molecule has 1 atom stereocenters. The molecule has 0 aromatic heterocycles. The Labute approximate surface area is 129 Å². The van der Waals surface area contributed by atoms with Crippen molar-refractivity contribution in [2.45, 2.75) is 20.8 Å². The van der Waals surface area contributed by atoms with Gasteiger partial charge in [-0.15, -0.1) is 0 Å². The first-order valence-corrected chi connectivity index (χ1v) is 7.22. The molecule has 20 heavy (non-hydrogen) atoms. The Balaban J connectivity index is 2.54. The van der Waals surface area contributed by atoms with Crippen molar-refractivity contribution in [3.8, 4) is 0 Å². The molecule has 0 saturated heterocycles. The highest BCUT2D eigenvalue weighted by Crippen LogP contribution is 2.53. The molecule has 0 radical (unpaired) electrons. The number of rotatable bonds is 2. The molecule has 1 aromatic rings. The van der Waals surface area contributed by atoms with Crippen LogP contribution in [0, 0.1) is 16.6 Å². The number of halogens is 3. The second-order valence-electron chi connectivity index (χ2n) is 5.79. The molecule has 0 amide bonds. The summed E-state index contributed by atoms with van der Waals surface area (Å²) in [7, 11) is 0. The summed E-state index contributed by atoms with van der Waals surface area (Å²) in [5, 5.41) is 0. The van der Waals surface area contributed by atoms with Crippen LogP contribution in [-0.2, 0) is 0 Å². The van der Waals surface area contributed by atoms with E-state index in [9.17, 15) is 4.39 Å². The molecule has 3 heteroatoms. The molecule has 0 fully saturated rings. The summed E-state index contributed by atoms with van der Waals surface area (Å²) in [6.07, 6.45) is 7.89. The van der Waals surface area contributed by atoms with E-state index < -0.39 is 0 Å². The lowest BCUT2D eigenvalue weighted by Gasteiger charge is -2.44. The van der Waals surface area contributed by atoms with Gasteiger partial charge in [-0.25, -0.2) is 4.39 Å². The van der Waals surface area contributed by atoms with Gasteiger partial charge in [-0.2, -0.15) is 0 Å². The van der Waals surface area contributed by atoms with Crippen molar-refractivity contribution in [3.05, 3.63) is 64.4 Å². The number of allylic oxidation sites excluding steroid dienone is 5. The topological polar surface area (TPSA) is 0 Å². The molecule has 2 rings (SSSR count). The van der Waals surface area contributed by atoms with Gasteiger partial charge in [0.15, 0.2) is 0 Å². The van der Waals surface area contributed by atoms with Crippen LogP contribution in [0.5, 0.6) is 0 Å². The average molecular weight is 311 g/mol.